The van der Waals surface area contributed by atoms with Gasteiger partial charge in [-0.1, -0.05) is 6.07 Å². The molecule has 1 amide bonds. The summed E-state index contributed by atoms with van der Waals surface area (Å²) in [7, 11) is 2.77. The second-order valence-electron chi connectivity index (χ2n) is 3.35. The van der Waals surface area contributed by atoms with Crippen LogP contribution in [0.5, 0.6) is 5.75 Å². The minimum absolute atomic E-state index is 0.112. The van der Waals surface area contributed by atoms with Crippen LogP contribution in [0.15, 0.2) is 23.1 Å². The number of carbonyl (C=O) groups excluding carboxylic acids is 1. The highest BCUT2D eigenvalue weighted by Gasteiger charge is 2.18. The van der Waals surface area contributed by atoms with Crippen LogP contribution in [0.25, 0.3) is 0 Å². The van der Waals surface area contributed by atoms with Crippen LogP contribution in [0.4, 0.5) is 0 Å². The zero-order valence-corrected chi connectivity index (χ0v) is 10.9. The molecular formula is C10H12ClNO4S. The van der Waals surface area contributed by atoms with E-state index in [-0.39, 0.29) is 16.7 Å². The fraction of sp³-hybridized carbons (Fsp3) is 0.300. The Balaban J connectivity index is 3.27. The Morgan fingerprint density at radius 2 is 2.12 bits per heavy atom. The lowest BCUT2D eigenvalue weighted by Gasteiger charge is -2.13. The van der Waals surface area contributed by atoms with Gasteiger partial charge in [0.2, 0.25) is 6.41 Å². The van der Waals surface area contributed by atoms with E-state index in [1.165, 1.54) is 19.2 Å². The van der Waals surface area contributed by atoms with Crippen LogP contribution in [0.3, 0.4) is 0 Å². The van der Waals surface area contributed by atoms with Crippen molar-refractivity contribution in [1.29, 1.82) is 0 Å². The van der Waals surface area contributed by atoms with Gasteiger partial charge in [0.25, 0.3) is 9.05 Å². The number of ether oxygens (including phenoxy) is 1. The number of halogens is 1. The van der Waals surface area contributed by atoms with Crippen molar-refractivity contribution in [2.75, 3.05) is 7.11 Å². The SMILES string of the molecule is COc1ccc(C(C)NC=O)cc1S(=O)(=O)Cl. The maximum atomic E-state index is 11.3. The van der Waals surface area contributed by atoms with Gasteiger partial charge in [-0.2, -0.15) is 0 Å². The first-order valence-electron chi connectivity index (χ1n) is 4.72. The van der Waals surface area contributed by atoms with Crippen LogP contribution < -0.4 is 10.1 Å². The lowest BCUT2D eigenvalue weighted by atomic mass is 10.1. The number of methoxy groups -OCH3 is 1. The fourth-order valence-corrected chi connectivity index (χ4v) is 2.38. The minimum Gasteiger partial charge on any atom is -0.495 e. The van der Waals surface area contributed by atoms with Crippen LogP contribution >= 0.6 is 10.7 Å². The average Bonchev–Trinajstić information content (AvgIpc) is 2.27. The van der Waals surface area contributed by atoms with Crippen LogP contribution in [0.2, 0.25) is 0 Å². The van der Waals surface area contributed by atoms with E-state index in [2.05, 4.69) is 5.32 Å². The van der Waals surface area contributed by atoms with E-state index in [9.17, 15) is 13.2 Å². The van der Waals surface area contributed by atoms with Crippen molar-refractivity contribution < 1.29 is 17.9 Å². The molecule has 1 atom stereocenters. The van der Waals surface area contributed by atoms with Crippen molar-refractivity contribution in [3.05, 3.63) is 23.8 Å². The highest BCUT2D eigenvalue weighted by Crippen LogP contribution is 2.29. The van der Waals surface area contributed by atoms with E-state index < -0.39 is 9.05 Å². The van der Waals surface area contributed by atoms with Crippen LogP contribution in [-0.2, 0) is 13.8 Å². The summed E-state index contributed by atoms with van der Waals surface area (Å²) >= 11 is 0. The van der Waals surface area contributed by atoms with Gasteiger partial charge in [0.1, 0.15) is 10.6 Å². The average molecular weight is 278 g/mol. The Morgan fingerprint density at radius 3 is 2.59 bits per heavy atom. The van der Waals surface area contributed by atoms with Gasteiger partial charge in [0, 0.05) is 10.7 Å². The Kier molecular flexibility index (Phi) is 4.36. The molecule has 0 spiro atoms. The topological polar surface area (TPSA) is 72.5 Å². The summed E-state index contributed by atoms with van der Waals surface area (Å²) in [5.74, 6) is 0.169. The van der Waals surface area contributed by atoms with Crippen LogP contribution in [0, 0.1) is 0 Å². The molecule has 5 nitrogen and oxygen atoms in total. The molecule has 17 heavy (non-hydrogen) atoms. The molecule has 0 aliphatic heterocycles. The normalized spacial score (nSPS) is 12.9. The molecule has 0 bridgehead atoms. The molecule has 1 aromatic carbocycles. The summed E-state index contributed by atoms with van der Waals surface area (Å²) in [5, 5.41) is 2.52. The Labute approximate surface area is 104 Å². The highest BCUT2D eigenvalue weighted by molar-refractivity contribution is 8.13. The number of rotatable bonds is 5. The zero-order chi connectivity index (χ0) is 13.1. The molecule has 0 fully saturated rings. The van der Waals surface area contributed by atoms with Gasteiger partial charge in [-0.05, 0) is 24.6 Å². The van der Waals surface area contributed by atoms with Crippen molar-refractivity contribution in [1.82, 2.24) is 5.32 Å². The smallest absolute Gasteiger partial charge is 0.264 e. The second kappa shape index (κ2) is 5.37. The largest absolute Gasteiger partial charge is 0.495 e. The molecule has 0 radical (unpaired) electrons. The van der Waals surface area contributed by atoms with Crippen LogP contribution in [-0.4, -0.2) is 21.9 Å². The molecule has 0 saturated heterocycles. The van der Waals surface area contributed by atoms with Gasteiger partial charge in [-0.3, -0.25) is 4.79 Å². The van der Waals surface area contributed by atoms with Crippen molar-refractivity contribution in [2.45, 2.75) is 17.9 Å². The van der Waals surface area contributed by atoms with Crippen molar-refractivity contribution in [3.63, 3.8) is 0 Å². The van der Waals surface area contributed by atoms with E-state index >= 15 is 0 Å². The molecule has 1 unspecified atom stereocenters. The minimum atomic E-state index is -3.89. The number of nitrogens with one attached hydrogen (secondary N) is 1. The lowest BCUT2D eigenvalue weighted by molar-refractivity contribution is -0.110. The summed E-state index contributed by atoms with van der Waals surface area (Å²) in [6.07, 6.45) is 0.545. The zero-order valence-electron chi connectivity index (χ0n) is 9.31. The fourth-order valence-electron chi connectivity index (χ4n) is 1.35. The number of carbonyl (C=O) groups is 1. The molecule has 0 aliphatic carbocycles. The predicted octanol–water partition coefficient (Wildman–Crippen LogP) is 1.43. The number of hydrogen-bond acceptors (Lipinski definition) is 4. The summed E-state index contributed by atoms with van der Waals surface area (Å²) in [5.41, 5.74) is 0.622. The molecular weight excluding hydrogens is 266 g/mol. The maximum Gasteiger partial charge on any atom is 0.264 e. The summed E-state index contributed by atoms with van der Waals surface area (Å²) in [6.45, 7) is 1.72. The summed E-state index contributed by atoms with van der Waals surface area (Å²) in [6, 6.07) is 4.22. The molecule has 0 saturated carbocycles. The molecule has 1 rings (SSSR count). The molecule has 7 heteroatoms. The molecule has 1 N–H and O–H groups in total. The third-order valence-electron chi connectivity index (χ3n) is 2.27. The van der Waals surface area contributed by atoms with E-state index in [1.807, 2.05) is 0 Å². The Morgan fingerprint density at radius 1 is 1.47 bits per heavy atom. The number of hydrogen-bond donors (Lipinski definition) is 1. The molecule has 0 aromatic heterocycles. The lowest BCUT2D eigenvalue weighted by Crippen LogP contribution is -2.16. The van der Waals surface area contributed by atoms with Crippen LogP contribution in [0.1, 0.15) is 18.5 Å². The highest BCUT2D eigenvalue weighted by atomic mass is 35.7. The third-order valence-corrected chi connectivity index (χ3v) is 3.61. The molecule has 0 heterocycles. The first-order valence-corrected chi connectivity index (χ1v) is 7.03. The Hall–Kier alpha value is -1.27. The standard InChI is InChI=1S/C10H12ClNO4S/c1-7(12-6-13)8-3-4-9(16-2)10(5-8)17(11,14)15/h3-7H,1-2H3,(H,12,13). The Bertz CT molecular complexity index is 515. The first kappa shape index (κ1) is 13.8. The molecule has 0 aliphatic rings. The summed E-state index contributed by atoms with van der Waals surface area (Å²) < 4.78 is 27.6. The van der Waals surface area contributed by atoms with Crippen molar-refractivity contribution in [2.24, 2.45) is 0 Å². The van der Waals surface area contributed by atoms with E-state index in [0.717, 1.165) is 0 Å². The van der Waals surface area contributed by atoms with E-state index in [1.54, 1.807) is 13.0 Å². The molecule has 94 valence electrons. The maximum absolute atomic E-state index is 11.3. The van der Waals surface area contributed by atoms with Crippen molar-refractivity contribution >= 4 is 26.1 Å². The van der Waals surface area contributed by atoms with Crippen molar-refractivity contribution in [3.8, 4) is 5.75 Å². The van der Waals surface area contributed by atoms with Gasteiger partial charge < -0.3 is 10.1 Å². The quantitative estimate of drug-likeness (QED) is 0.653. The van der Waals surface area contributed by atoms with Gasteiger partial charge >= 0.3 is 0 Å². The van der Waals surface area contributed by atoms with Gasteiger partial charge in [-0.25, -0.2) is 8.42 Å². The van der Waals surface area contributed by atoms with E-state index in [4.69, 9.17) is 15.4 Å². The first-order chi connectivity index (χ1) is 7.90. The predicted molar refractivity (Wildman–Crippen MR) is 63.6 cm³/mol. The monoisotopic (exact) mass is 277 g/mol. The number of amides is 1. The molecule has 1 aromatic rings. The summed E-state index contributed by atoms with van der Waals surface area (Å²) in [4.78, 5) is 10.2. The van der Waals surface area contributed by atoms with E-state index in [0.29, 0.717) is 12.0 Å². The third kappa shape index (κ3) is 3.34. The van der Waals surface area contributed by atoms with Gasteiger partial charge in [-0.15, -0.1) is 0 Å². The van der Waals surface area contributed by atoms with Gasteiger partial charge in [0.05, 0.1) is 13.2 Å². The van der Waals surface area contributed by atoms with Gasteiger partial charge in [0.15, 0.2) is 0 Å². The number of benzene rings is 1. The second-order valence-corrected chi connectivity index (χ2v) is 5.89.